The maximum Gasteiger partial charge on any atom is 0.327 e. The molecular formula is C10H15N3O3. The van der Waals surface area contributed by atoms with Crippen LogP contribution in [0.2, 0.25) is 0 Å². The molecule has 0 saturated carbocycles. The van der Waals surface area contributed by atoms with Crippen LogP contribution in [0.3, 0.4) is 0 Å². The highest BCUT2D eigenvalue weighted by Crippen LogP contribution is 2.20. The Kier molecular flexibility index (Phi) is 3.21. The quantitative estimate of drug-likeness (QED) is 0.767. The van der Waals surface area contributed by atoms with Crippen LogP contribution in [0.4, 0.5) is 0 Å². The molecule has 6 nitrogen and oxygen atoms in total. The van der Waals surface area contributed by atoms with Gasteiger partial charge in [0.1, 0.15) is 5.82 Å². The predicted octanol–water partition coefficient (Wildman–Crippen LogP) is 0.176. The second-order valence-electron chi connectivity index (χ2n) is 3.81. The Labute approximate surface area is 93.2 Å². The molecule has 1 saturated heterocycles. The molecule has 0 aliphatic carbocycles. The summed E-state index contributed by atoms with van der Waals surface area (Å²) in [6, 6.07) is -0.648. The molecule has 0 radical (unpaired) electrons. The van der Waals surface area contributed by atoms with Crippen LogP contribution in [0.15, 0.2) is 6.20 Å². The largest absolute Gasteiger partial charge is 0.480 e. The molecule has 1 fully saturated rings. The van der Waals surface area contributed by atoms with Gasteiger partial charge in [0.05, 0.1) is 25.1 Å². The maximum atomic E-state index is 11.3. The Hall–Kier alpha value is -1.40. The van der Waals surface area contributed by atoms with Crippen LogP contribution < -0.4 is 0 Å². The maximum absolute atomic E-state index is 11.3. The Bertz CT molecular complexity index is 371. The van der Waals surface area contributed by atoms with E-state index in [1.54, 1.807) is 6.20 Å². The summed E-state index contributed by atoms with van der Waals surface area (Å²) in [5, 5.41) is 9.26. The summed E-state index contributed by atoms with van der Waals surface area (Å²) < 4.78 is 5.21. The van der Waals surface area contributed by atoms with E-state index in [0.29, 0.717) is 32.0 Å². The van der Waals surface area contributed by atoms with E-state index in [4.69, 9.17) is 4.74 Å². The zero-order valence-electron chi connectivity index (χ0n) is 9.14. The third kappa shape index (κ3) is 2.23. The molecule has 1 unspecified atom stereocenters. The first-order valence-corrected chi connectivity index (χ1v) is 5.24. The Morgan fingerprint density at radius 1 is 1.62 bits per heavy atom. The number of aryl methyl sites for hydroxylation is 1. The molecule has 0 aromatic carbocycles. The van der Waals surface area contributed by atoms with Gasteiger partial charge in [-0.2, -0.15) is 0 Å². The molecule has 0 bridgehead atoms. The molecule has 2 rings (SSSR count). The number of rotatable bonds is 3. The van der Waals surface area contributed by atoms with Crippen LogP contribution in [0.5, 0.6) is 0 Å². The van der Waals surface area contributed by atoms with E-state index in [1.165, 1.54) is 0 Å². The Morgan fingerprint density at radius 2 is 2.31 bits per heavy atom. The van der Waals surface area contributed by atoms with Crippen LogP contribution in [0.1, 0.15) is 17.6 Å². The highest BCUT2D eigenvalue weighted by atomic mass is 16.5. The standard InChI is InChI=1S/C10H15N3O3/c1-7-11-6-8(12-7)9(10(14)15)13-2-4-16-5-3-13/h6,9H,2-5H2,1H3,(H,11,12)(H,14,15). The highest BCUT2D eigenvalue weighted by Gasteiger charge is 2.29. The molecule has 2 heterocycles. The van der Waals surface area contributed by atoms with Crippen LogP contribution in [-0.2, 0) is 9.53 Å². The van der Waals surface area contributed by atoms with Gasteiger partial charge in [-0.1, -0.05) is 0 Å². The molecule has 1 aromatic heterocycles. The first-order chi connectivity index (χ1) is 7.68. The van der Waals surface area contributed by atoms with E-state index in [1.807, 2.05) is 11.8 Å². The molecule has 0 spiro atoms. The van der Waals surface area contributed by atoms with E-state index < -0.39 is 12.0 Å². The SMILES string of the molecule is Cc1ncc(C(C(=O)O)N2CCOCC2)[nH]1. The number of morpholine rings is 1. The van der Waals surface area contributed by atoms with Crippen molar-refractivity contribution in [1.29, 1.82) is 0 Å². The van der Waals surface area contributed by atoms with Gasteiger partial charge in [-0.25, -0.2) is 4.98 Å². The van der Waals surface area contributed by atoms with Crippen molar-refractivity contribution in [3.8, 4) is 0 Å². The van der Waals surface area contributed by atoms with Crippen LogP contribution in [-0.4, -0.2) is 52.2 Å². The molecule has 1 aliphatic rings. The molecule has 88 valence electrons. The van der Waals surface area contributed by atoms with Crippen LogP contribution in [0, 0.1) is 6.92 Å². The smallest absolute Gasteiger partial charge is 0.327 e. The van der Waals surface area contributed by atoms with Gasteiger partial charge >= 0.3 is 5.97 Å². The number of carboxylic acids is 1. The highest BCUT2D eigenvalue weighted by molar-refractivity contribution is 5.74. The summed E-state index contributed by atoms with van der Waals surface area (Å²) >= 11 is 0. The zero-order valence-corrected chi connectivity index (χ0v) is 9.14. The lowest BCUT2D eigenvalue weighted by molar-refractivity contribution is -0.145. The monoisotopic (exact) mass is 225 g/mol. The van der Waals surface area contributed by atoms with Gasteiger partial charge in [0.25, 0.3) is 0 Å². The van der Waals surface area contributed by atoms with Gasteiger partial charge in [-0.05, 0) is 6.92 Å². The molecule has 0 amide bonds. The fourth-order valence-corrected chi connectivity index (χ4v) is 1.90. The van der Waals surface area contributed by atoms with Crippen molar-refractivity contribution in [3.63, 3.8) is 0 Å². The molecule has 2 N–H and O–H groups in total. The fraction of sp³-hybridized carbons (Fsp3) is 0.600. The number of nitrogens with one attached hydrogen (secondary N) is 1. The van der Waals surface area contributed by atoms with Crippen molar-refractivity contribution >= 4 is 5.97 Å². The van der Waals surface area contributed by atoms with Crippen molar-refractivity contribution in [1.82, 2.24) is 14.9 Å². The zero-order chi connectivity index (χ0) is 11.5. The Morgan fingerprint density at radius 3 is 2.81 bits per heavy atom. The number of hydrogen-bond acceptors (Lipinski definition) is 4. The average Bonchev–Trinajstić information content (AvgIpc) is 2.66. The van der Waals surface area contributed by atoms with Gasteiger partial charge in [-0.15, -0.1) is 0 Å². The minimum atomic E-state index is -0.856. The Balaban J connectivity index is 2.19. The number of H-pyrrole nitrogens is 1. The summed E-state index contributed by atoms with van der Waals surface area (Å²) in [6.45, 7) is 4.24. The topological polar surface area (TPSA) is 78.4 Å². The van der Waals surface area contributed by atoms with E-state index in [9.17, 15) is 9.90 Å². The molecular weight excluding hydrogens is 210 g/mol. The van der Waals surface area contributed by atoms with Crippen molar-refractivity contribution in [2.75, 3.05) is 26.3 Å². The second-order valence-corrected chi connectivity index (χ2v) is 3.81. The number of imidazole rings is 1. The normalized spacial score (nSPS) is 19.6. The van der Waals surface area contributed by atoms with Gasteiger partial charge in [0.15, 0.2) is 6.04 Å². The lowest BCUT2D eigenvalue weighted by Gasteiger charge is -2.31. The van der Waals surface area contributed by atoms with E-state index >= 15 is 0 Å². The predicted molar refractivity (Wildman–Crippen MR) is 56.1 cm³/mol. The number of ether oxygens (including phenoxy) is 1. The number of aliphatic carboxylic acids is 1. The summed E-state index contributed by atoms with van der Waals surface area (Å²) in [7, 11) is 0. The van der Waals surface area contributed by atoms with Crippen molar-refractivity contribution in [2.45, 2.75) is 13.0 Å². The molecule has 1 aliphatic heterocycles. The molecule has 16 heavy (non-hydrogen) atoms. The minimum Gasteiger partial charge on any atom is -0.480 e. The van der Waals surface area contributed by atoms with Crippen molar-refractivity contribution in [3.05, 3.63) is 17.7 Å². The van der Waals surface area contributed by atoms with Crippen molar-refractivity contribution in [2.24, 2.45) is 0 Å². The molecule has 1 atom stereocenters. The second kappa shape index (κ2) is 4.63. The molecule has 1 aromatic rings. The average molecular weight is 225 g/mol. The summed E-state index contributed by atoms with van der Waals surface area (Å²) in [5.74, 6) is -0.125. The minimum absolute atomic E-state index is 0.580. The van der Waals surface area contributed by atoms with Gasteiger partial charge in [0, 0.05) is 13.1 Å². The third-order valence-electron chi connectivity index (χ3n) is 2.66. The number of carboxylic acid groups (broad SMARTS) is 1. The number of hydrogen-bond donors (Lipinski definition) is 2. The number of aromatic amines is 1. The fourth-order valence-electron chi connectivity index (χ4n) is 1.90. The van der Waals surface area contributed by atoms with Gasteiger partial charge in [0.2, 0.25) is 0 Å². The summed E-state index contributed by atoms with van der Waals surface area (Å²) in [4.78, 5) is 20.2. The number of aromatic nitrogens is 2. The first kappa shape index (κ1) is 11.1. The third-order valence-corrected chi connectivity index (χ3v) is 2.66. The van der Waals surface area contributed by atoms with E-state index in [0.717, 1.165) is 5.82 Å². The van der Waals surface area contributed by atoms with Gasteiger partial charge in [-0.3, -0.25) is 9.69 Å². The molecule has 6 heteroatoms. The van der Waals surface area contributed by atoms with Crippen LogP contribution in [0.25, 0.3) is 0 Å². The van der Waals surface area contributed by atoms with E-state index in [2.05, 4.69) is 9.97 Å². The van der Waals surface area contributed by atoms with Gasteiger partial charge < -0.3 is 14.8 Å². The number of carbonyl (C=O) groups is 1. The lowest BCUT2D eigenvalue weighted by Crippen LogP contribution is -2.42. The first-order valence-electron chi connectivity index (χ1n) is 5.24. The number of nitrogens with zero attached hydrogens (tertiary/aromatic N) is 2. The van der Waals surface area contributed by atoms with Crippen molar-refractivity contribution < 1.29 is 14.6 Å². The summed E-state index contributed by atoms with van der Waals surface area (Å²) in [5.41, 5.74) is 0.631. The van der Waals surface area contributed by atoms with Crippen LogP contribution >= 0.6 is 0 Å². The lowest BCUT2D eigenvalue weighted by atomic mass is 10.2. The summed E-state index contributed by atoms with van der Waals surface area (Å²) in [6.07, 6.45) is 1.59. The van der Waals surface area contributed by atoms with E-state index in [-0.39, 0.29) is 0 Å².